The molecular weight excluding hydrogens is 280 g/mol. The lowest BCUT2D eigenvalue weighted by atomic mass is 10.1. The van der Waals surface area contributed by atoms with Gasteiger partial charge in [-0.2, -0.15) is 0 Å². The van der Waals surface area contributed by atoms with Crippen molar-refractivity contribution in [1.29, 1.82) is 0 Å². The molecule has 2 heteroatoms. The number of nitrogens with zero attached hydrogens (tertiary/aromatic N) is 1. The molecule has 23 heavy (non-hydrogen) atoms. The lowest BCUT2D eigenvalue weighted by molar-refractivity contribution is 0.717. The Hall–Kier alpha value is -1.83. The highest BCUT2D eigenvalue weighted by atomic mass is 15.0. The van der Waals surface area contributed by atoms with Crippen LogP contribution in [0.2, 0.25) is 0 Å². The third kappa shape index (κ3) is 6.43. The van der Waals surface area contributed by atoms with E-state index in [2.05, 4.69) is 60.5 Å². The molecule has 0 bridgehead atoms. The van der Waals surface area contributed by atoms with E-state index < -0.39 is 0 Å². The van der Waals surface area contributed by atoms with Crippen LogP contribution in [-0.2, 0) is 12.8 Å². The molecule has 0 saturated heterocycles. The normalized spacial score (nSPS) is 10.7. The maximum atomic E-state index is 4.46. The van der Waals surface area contributed by atoms with Crippen LogP contribution in [0.4, 0.5) is 11.5 Å². The summed E-state index contributed by atoms with van der Waals surface area (Å²) in [5, 5.41) is 3.45. The first-order valence-corrected chi connectivity index (χ1v) is 9.12. The van der Waals surface area contributed by atoms with Crippen molar-refractivity contribution in [2.45, 2.75) is 65.2 Å². The lowest BCUT2D eigenvalue weighted by Gasteiger charge is -2.09. The van der Waals surface area contributed by atoms with E-state index in [-0.39, 0.29) is 0 Å². The standard InChI is InChI=1S/C21H30N2/c1-3-5-7-10-18-12-9-13-20(16-18)23-21-17-19(14-15-22-21)11-8-6-4-2/h9,12-17H,3-8,10-11H2,1-2H3,(H,22,23). The second-order valence-electron chi connectivity index (χ2n) is 6.29. The van der Waals surface area contributed by atoms with Crippen LogP contribution in [-0.4, -0.2) is 4.98 Å². The summed E-state index contributed by atoms with van der Waals surface area (Å²) >= 11 is 0. The molecule has 0 fully saturated rings. The molecule has 0 radical (unpaired) electrons. The van der Waals surface area contributed by atoms with E-state index in [1.54, 1.807) is 0 Å². The molecule has 0 spiro atoms. The van der Waals surface area contributed by atoms with Crippen LogP contribution in [0.15, 0.2) is 42.6 Å². The first-order valence-electron chi connectivity index (χ1n) is 9.12. The van der Waals surface area contributed by atoms with Gasteiger partial charge in [-0.15, -0.1) is 0 Å². The van der Waals surface area contributed by atoms with Gasteiger partial charge in [-0.25, -0.2) is 4.98 Å². The van der Waals surface area contributed by atoms with Gasteiger partial charge in [-0.1, -0.05) is 51.7 Å². The van der Waals surface area contributed by atoms with Gasteiger partial charge in [-0.3, -0.25) is 0 Å². The van der Waals surface area contributed by atoms with E-state index in [9.17, 15) is 0 Å². The third-order valence-corrected chi connectivity index (χ3v) is 4.16. The molecule has 0 aliphatic rings. The second kappa shape index (κ2) is 10.0. The Morgan fingerprint density at radius 3 is 2.22 bits per heavy atom. The van der Waals surface area contributed by atoms with Crippen LogP contribution >= 0.6 is 0 Å². The number of hydrogen-bond donors (Lipinski definition) is 1. The van der Waals surface area contributed by atoms with Crippen molar-refractivity contribution in [3.8, 4) is 0 Å². The number of nitrogens with one attached hydrogen (secondary N) is 1. The molecular formula is C21H30N2. The average molecular weight is 310 g/mol. The molecule has 0 amide bonds. The number of pyridine rings is 1. The number of unbranched alkanes of at least 4 members (excludes halogenated alkanes) is 4. The number of aromatic nitrogens is 1. The summed E-state index contributed by atoms with van der Waals surface area (Å²) in [4.78, 5) is 4.46. The molecule has 0 unspecified atom stereocenters. The van der Waals surface area contributed by atoms with Crippen molar-refractivity contribution >= 4 is 11.5 Å². The van der Waals surface area contributed by atoms with E-state index in [0.717, 1.165) is 24.3 Å². The molecule has 0 saturated carbocycles. The minimum Gasteiger partial charge on any atom is -0.340 e. The maximum absolute atomic E-state index is 4.46. The number of aryl methyl sites for hydroxylation is 2. The molecule has 1 N–H and O–H groups in total. The van der Waals surface area contributed by atoms with Crippen molar-refractivity contribution in [1.82, 2.24) is 4.98 Å². The average Bonchev–Trinajstić information content (AvgIpc) is 2.56. The highest BCUT2D eigenvalue weighted by molar-refractivity contribution is 5.57. The zero-order valence-corrected chi connectivity index (χ0v) is 14.6. The van der Waals surface area contributed by atoms with Gasteiger partial charge in [0.15, 0.2) is 0 Å². The molecule has 0 aliphatic carbocycles. The molecule has 1 aromatic carbocycles. The van der Waals surface area contributed by atoms with Crippen LogP contribution < -0.4 is 5.32 Å². The van der Waals surface area contributed by atoms with E-state index in [0.29, 0.717) is 0 Å². The van der Waals surface area contributed by atoms with Crippen LogP contribution in [0.3, 0.4) is 0 Å². The summed E-state index contributed by atoms with van der Waals surface area (Å²) in [6.45, 7) is 4.49. The van der Waals surface area contributed by atoms with Gasteiger partial charge >= 0.3 is 0 Å². The number of anilines is 2. The predicted molar refractivity (Wildman–Crippen MR) is 100 cm³/mol. The van der Waals surface area contributed by atoms with Crippen molar-refractivity contribution in [2.75, 3.05) is 5.32 Å². The topological polar surface area (TPSA) is 24.9 Å². The zero-order valence-electron chi connectivity index (χ0n) is 14.6. The molecule has 124 valence electrons. The molecule has 1 aromatic heterocycles. The van der Waals surface area contributed by atoms with E-state index in [1.165, 1.54) is 49.7 Å². The van der Waals surface area contributed by atoms with Gasteiger partial charge in [-0.05, 0) is 61.1 Å². The van der Waals surface area contributed by atoms with Gasteiger partial charge < -0.3 is 5.32 Å². The van der Waals surface area contributed by atoms with E-state index >= 15 is 0 Å². The van der Waals surface area contributed by atoms with Gasteiger partial charge in [0.05, 0.1) is 0 Å². The van der Waals surface area contributed by atoms with Crippen molar-refractivity contribution in [2.24, 2.45) is 0 Å². The largest absolute Gasteiger partial charge is 0.340 e. The van der Waals surface area contributed by atoms with E-state index in [4.69, 9.17) is 0 Å². The monoisotopic (exact) mass is 310 g/mol. The molecule has 1 heterocycles. The quantitative estimate of drug-likeness (QED) is 0.521. The lowest BCUT2D eigenvalue weighted by Crippen LogP contribution is -1.96. The summed E-state index contributed by atoms with van der Waals surface area (Å²) < 4.78 is 0. The first kappa shape index (κ1) is 17.5. The molecule has 2 aromatic rings. The Bertz CT molecular complexity index is 526. The number of benzene rings is 1. The van der Waals surface area contributed by atoms with Crippen molar-refractivity contribution < 1.29 is 0 Å². The Kier molecular flexibility index (Phi) is 7.65. The van der Waals surface area contributed by atoms with Crippen molar-refractivity contribution in [3.63, 3.8) is 0 Å². The second-order valence-corrected chi connectivity index (χ2v) is 6.29. The highest BCUT2D eigenvalue weighted by Crippen LogP contribution is 2.19. The number of rotatable bonds is 10. The maximum Gasteiger partial charge on any atom is 0.130 e. The fourth-order valence-corrected chi connectivity index (χ4v) is 2.81. The van der Waals surface area contributed by atoms with E-state index in [1.807, 2.05) is 6.20 Å². The minimum absolute atomic E-state index is 0.949. The van der Waals surface area contributed by atoms with Crippen LogP contribution in [0.25, 0.3) is 0 Å². The molecule has 2 rings (SSSR count). The fourth-order valence-electron chi connectivity index (χ4n) is 2.81. The van der Waals surface area contributed by atoms with Crippen molar-refractivity contribution in [3.05, 3.63) is 53.7 Å². The third-order valence-electron chi connectivity index (χ3n) is 4.16. The Morgan fingerprint density at radius 1 is 0.826 bits per heavy atom. The fraction of sp³-hybridized carbons (Fsp3) is 0.476. The Balaban J connectivity index is 1.95. The summed E-state index contributed by atoms with van der Waals surface area (Å²) in [6, 6.07) is 13.0. The summed E-state index contributed by atoms with van der Waals surface area (Å²) in [6.07, 6.45) is 11.9. The summed E-state index contributed by atoms with van der Waals surface area (Å²) in [5.41, 5.74) is 3.91. The molecule has 0 atom stereocenters. The highest BCUT2D eigenvalue weighted by Gasteiger charge is 2.00. The van der Waals surface area contributed by atoms with Gasteiger partial charge in [0.1, 0.15) is 5.82 Å². The summed E-state index contributed by atoms with van der Waals surface area (Å²) in [5.74, 6) is 0.949. The van der Waals surface area contributed by atoms with Crippen LogP contribution in [0, 0.1) is 0 Å². The molecule has 2 nitrogen and oxygen atoms in total. The zero-order chi connectivity index (χ0) is 16.3. The first-order chi connectivity index (χ1) is 11.3. The summed E-state index contributed by atoms with van der Waals surface area (Å²) in [7, 11) is 0. The Morgan fingerprint density at radius 2 is 1.52 bits per heavy atom. The number of hydrogen-bond acceptors (Lipinski definition) is 2. The Labute approximate surface area is 141 Å². The smallest absolute Gasteiger partial charge is 0.130 e. The SMILES string of the molecule is CCCCCc1cccc(Nc2cc(CCCCC)ccn2)c1. The molecule has 0 aliphatic heterocycles. The van der Waals surface area contributed by atoms with Crippen LogP contribution in [0.1, 0.15) is 63.5 Å². The minimum atomic E-state index is 0.949. The van der Waals surface area contributed by atoms with Gasteiger partial charge in [0.2, 0.25) is 0 Å². The van der Waals surface area contributed by atoms with Gasteiger partial charge in [0.25, 0.3) is 0 Å². The van der Waals surface area contributed by atoms with Gasteiger partial charge in [0, 0.05) is 11.9 Å². The predicted octanol–water partition coefficient (Wildman–Crippen LogP) is 6.29. The van der Waals surface area contributed by atoms with Crippen LogP contribution in [0.5, 0.6) is 0 Å².